The quantitative estimate of drug-likeness (QED) is 0.748. The topological polar surface area (TPSA) is 70.5 Å². The van der Waals surface area contributed by atoms with E-state index in [0.717, 1.165) is 36.3 Å². The van der Waals surface area contributed by atoms with Crippen molar-refractivity contribution in [3.05, 3.63) is 23.8 Å². The molecule has 0 fully saturated rings. The molecule has 1 rings (SSSR count). The first kappa shape index (κ1) is 17.0. The molecule has 104 valence electrons. The zero-order valence-electron chi connectivity index (χ0n) is 11.0. The van der Waals surface area contributed by atoms with Crippen molar-refractivity contribution in [1.29, 1.82) is 0 Å². The highest BCUT2D eigenvalue weighted by Crippen LogP contribution is 2.34. The maximum absolute atomic E-state index is 6.19. The number of halogens is 1. The van der Waals surface area contributed by atoms with Gasteiger partial charge < -0.3 is 20.9 Å². The summed E-state index contributed by atoms with van der Waals surface area (Å²) in [5.74, 6) is 1.56. The summed E-state index contributed by atoms with van der Waals surface area (Å²) in [5.41, 5.74) is 12.6. The van der Waals surface area contributed by atoms with Crippen molar-refractivity contribution in [2.45, 2.75) is 25.3 Å². The lowest BCUT2D eigenvalue weighted by Crippen LogP contribution is -2.13. The molecular weight excluding hydrogens is 252 g/mol. The zero-order chi connectivity index (χ0) is 12.7. The molecule has 0 aliphatic heterocycles. The normalized spacial score (nSPS) is 11.6. The van der Waals surface area contributed by atoms with E-state index in [-0.39, 0.29) is 18.4 Å². The van der Waals surface area contributed by atoms with Gasteiger partial charge in [-0.3, -0.25) is 0 Å². The molecule has 0 heterocycles. The molecule has 1 aromatic carbocycles. The van der Waals surface area contributed by atoms with E-state index >= 15 is 0 Å². The Bertz CT molecular complexity index is 326. The Hall–Kier alpha value is -0.970. The summed E-state index contributed by atoms with van der Waals surface area (Å²) in [6.45, 7) is 0.704. The largest absolute Gasteiger partial charge is 0.496 e. The van der Waals surface area contributed by atoms with Crippen LogP contribution in [0.15, 0.2) is 18.2 Å². The number of ether oxygens (including phenoxy) is 2. The number of rotatable bonds is 7. The van der Waals surface area contributed by atoms with Crippen molar-refractivity contribution in [2.24, 2.45) is 11.5 Å². The predicted octanol–water partition coefficient (Wildman–Crippen LogP) is 2.25. The molecule has 0 saturated heterocycles. The molecule has 0 aliphatic carbocycles. The fraction of sp³-hybridized carbons (Fsp3) is 0.538. The van der Waals surface area contributed by atoms with Crippen molar-refractivity contribution >= 4 is 12.4 Å². The molecule has 0 radical (unpaired) electrons. The van der Waals surface area contributed by atoms with Crippen molar-refractivity contribution in [2.75, 3.05) is 20.8 Å². The number of hydrogen-bond acceptors (Lipinski definition) is 4. The van der Waals surface area contributed by atoms with Gasteiger partial charge in [-0.2, -0.15) is 0 Å². The van der Waals surface area contributed by atoms with Crippen LogP contribution in [0.2, 0.25) is 0 Å². The molecule has 0 aromatic heterocycles. The van der Waals surface area contributed by atoms with Crippen molar-refractivity contribution < 1.29 is 9.47 Å². The lowest BCUT2D eigenvalue weighted by molar-refractivity contribution is 0.376. The van der Waals surface area contributed by atoms with E-state index in [9.17, 15) is 0 Å². The van der Waals surface area contributed by atoms with Gasteiger partial charge in [0.2, 0.25) is 0 Å². The number of nitrogens with two attached hydrogens (primary N) is 2. The first-order valence-corrected chi connectivity index (χ1v) is 5.91. The lowest BCUT2D eigenvalue weighted by atomic mass is 10.00. The number of unbranched alkanes of at least 4 members (excludes halogenated alkanes) is 1. The van der Waals surface area contributed by atoms with Crippen molar-refractivity contribution in [3.8, 4) is 11.5 Å². The predicted molar refractivity (Wildman–Crippen MR) is 76.6 cm³/mol. The van der Waals surface area contributed by atoms with Crippen LogP contribution in [0.25, 0.3) is 0 Å². The van der Waals surface area contributed by atoms with E-state index in [2.05, 4.69) is 0 Å². The molecule has 1 aromatic rings. The van der Waals surface area contributed by atoms with Crippen LogP contribution in [0.3, 0.4) is 0 Å². The maximum Gasteiger partial charge on any atom is 0.127 e. The summed E-state index contributed by atoms with van der Waals surface area (Å²) in [7, 11) is 3.29. The third kappa shape index (κ3) is 4.37. The fourth-order valence-corrected chi connectivity index (χ4v) is 1.90. The molecule has 0 unspecified atom stereocenters. The van der Waals surface area contributed by atoms with Crippen molar-refractivity contribution in [3.63, 3.8) is 0 Å². The number of hydrogen-bond donors (Lipinski definition) is 2. The summed E-state index contributed by atoms with van der Waals surface area (Å²) in [4.78, 5) is 0. The third-order valence-electron chi connectivity index (χ3n) is 2.81. The van der Waals surface area contributed by atoms with Gasteiger partial charge in [0, 0.05) is 6.04 Å². The Morgan fingerprint density at radius 2 is 1.67 bits per heavy atom. The highest BCUT2D eigenvalue weighted by atomic mass is 35.5. The minimum Gasteiger partial charge on any atom is -0.496 e. The smallest absolute Gasteiger partial charge is 0.127 e. The highest BCUT2D eigenvalue weighted by molar-refractivity contribution is 5.85. The standard InChI is InChI=1S/C13H22N2O2.ClH/c1-16-11-7-5-8-12(17-2)13(11)10(15)6-3-4-9-14;/h5,7-8,10H,3-4,6,9,14-15H2,1-2H3;1H/t10-;/m1./s1. The van der Waals surface area contributed by atoms with Gasteiger partial charge in [0.25, 0.3) is 0 Å². The van der Waals surface area contributed by atoms with Gasteiger partial charge in [0.05, 0.1) is 19.8 Å². The molecule has 18 heavy (non-hydrogen) atoms. The Morgan fingerprint density at radius 1 is 1.11 bits per heavy atom. The number of benzene rings is 1. The molecule has 5 heteroatoms. The van der Waals surface area contributed by atoms with Gasteiger partial charge in [-0.25, -0.2) is 0 Å². The molecule has 0 spiro atoms. The summed E-state index contributed by atoms with van der Waals surface area (Å²) in [5, 5.41) is 0. The first-order chi connectivity index (χ1) is 8.24. The Morgan fingerprint density at radius 3 is 2.11 bits per heavy atom. The third-order valence-corrected chi connectivity index (χ3v) is 2.81. The van der Waals surface area contributed by atoms with Crippen LogP contribution >= 0.6 is 12.4 Å². The fourth-order valence-electron chi connectivity index (χ4n) is 1.90. The first-order valence-electron chi connectivity index (χ1n) is 5.91. The van der Waals surface area contributed by atoms with Gasteiger partial charge >= 0.3 is 0 Å². The van der Waals surface area contributed by atoms with E-state index in [0.29, 0.717) is 6.54 Å². The Kier molecular flexibility index (Phi) is 8.54. The second-order valence-corrected chi connectivity index (χ2v) is 3.97. The van der Waals surface area contributed by atoms with Crippen LogP contribution in [0.1, 0.15) is 30.9 Å². The van der Waals surface area contributed by atoms with E-state index < -0.39 is 0 Å². The summed E-state index contributed by atoms with van der Waals surface area (Å²) < 4.78 is 10.7. The van der Waals surface area contributed by atoms with Crippen LogP contribution < -0.4 is 20.9 Å². The monoisotopic (exact) mass is 274 g/mol. The van der Waals surface area contributed by atoms with Gasteiger partial charge in [-0.15, -0.1) is 12.4 Å². The molecule has 0 aliphatic rings. The van der Waals surface area contributed by atoms with E-state index in [1.165, 1.54) is 0 Å². The summed E-state index contributed by atoms with van der Waals surface area (Å²) >= 11 is 0. The second kappa shape index (κ2) is 9.03. The van der Waals surface area contributed by atoms with Crippen LogP contribution in [-0.2, 0) is 0 Å². The summed E-state index contributed by atoms with van der Waals surface area (Å²) in [6, 6.07) is 5.63. The Labute approximate surface area is 115 Å². The molecule has 4 nitrogen and oxygen atoms in total. The average molecular weight is 275 g/mol. The number of methoxy groups -OCH3 is 2. The van der Waals surface area contributed by atoms with Crippen LogP contribution in [0, 0.1) is 0 Å². The van der Waals surface area contributed by atoms with Gasteiger partial charge in [-0.1, -0.05) is 12.5 Å². The lowest BCUT2D eigenvalue weighted by Gasteiger charge is -2.18. The van der Waals surface area contributed by atoms with Crippen LogP contribution in [0.4, 0.5) is 0 Å². The van der Waals surface area contributed by atoms with E-state index in [4.69, 9.17) is 20.9 Å². The molecular formula is C13H23ClN2O2. The zero-order valence-corrected chi connectivity index (χ0v) is 11.8. The van der Waals surface area contributed by atoms with Crippen molar-refractivity contribution in [1.82, 2.24) is 0 Å². The van der Waals surface area contributed by atoms with E-state index in [1.54, 1.807) is 14.2 Å². The maximum atomic E-state index is 6.19. The van der Waals surface area contributed by atoms with Gasteiger partial charge in [0.1, 0.15) is 11.5 Å². The molecule has 0 saturated carbocycles. The average Bonchev–Trinajstić information content (AvgIpc) is 2.37. The molecule has 1 atom stereocenters. The minimum absolute atomic E-state index is 0. The summed E-state index contributed by atoms with van der Waals surface area (Å²) in [6.07, 6.45) is 2.89. The molecule has 4 N–H and O–H groups in total. The highest BCUT2D eigenvalue weighted by Gasteiger charge is 2.16. The van der Waals surface area contributed by atoms with Crippen LogP contribution in [0.5, 0.6) is 11.5 Å². The SMILES string of the molecule is COc1cccc(OC)c1[C@H](N)CCCCN.Cl. The van der Waals surface area contributed by atoms with Crippen LogP contribution in [-0.4, -0.2) is 20.8 Å². The minimum atomic E-state index is -0.0763. The van der Waals surface area contributed by atoms with E-state index in [1.807, 2.05) is 18.2 Å². The molecule has 0 bridgehead atoms. The second-order valence-electron chi connectivity index (χ2n) is 3.97. The van der Waals surface area contributed by atoms with Gasteiger partial charge in [-0.05, 0) is 31.5 Å². The molecule has 0 amide bonds. The van der Waals surface area contributed by atoms with Gasteiger partial charge in [0.15, 0.2) is 0 Å². The Balaban J connectivity index is 0.00000289.